The number of aryl methyl sites for hydroxylation is 2. The van der Waals surface area contributed by atoms with Crippen LogP contribution in [0.25, 0.3) is 21.2 Å². The zero-order valence-corrected chi connectivity index (χ0v) is 26.7. The Labute approximate surface area is 247 Å². The second kappa shape index (κ2) is 11.2. The summed E-state index contributed by atoms with van der Waals surface area (Å²) in [4.78, 5) is 27.9. The molecule has 6 nitrogen and oxygen atoms in total. The maximum absolute atomic E-state index is 13.8. The molecule has 1 aromatic carbocycles. The largest absolute Gasteiger partial charge is 0.490 e. The van der Waals surface area contributed by atoms with Gasteiger partial charge in [0, 0.05) is 22.9 Å². The number of hydrogen-bond acceptors (Lipinski definition) is 5. The van der Waals surface area contributed by atoms with Crippen LogP contribution >= 0.6 is 11.3 Å². The first kappa shape index (κ1) is 29.8. The quantitative estimate of drug-likeness (QED) is 0.309. The number of fused-ring (bicyclic) bond motifs is 4. The van der Waals surface area contributed by atoms with Crippen molar-refractivity contribution >= 4 is 27.4 Å². The van der Waals surface area contributed by atoms with Crippen LogP contribution in [0.5, 0.6) is 5.75 Å². The molecule has 3 unspecified atom stereocenters. The van der Waals surface area contributed by atoms with Gasteiger partial charge in [-0.3, -0.25) is 4.79 Å². The van der Waals surface area contributed by atoms with Crippen molar-refractivity contribution in [3.05, 3.63) is 49.7 Å². The van der Waals surface area contributed by atoms with Gasteiger partial charge >= 0.3 is 5.97 Å². The van der Waals surface area contributed by atoms with E-state index >= 15 is 0 Å². The van der Waals surface area contributed by atoms with Crippen molar-refractivity contribution in [3.63, 3.8) is 0 Å². The van der Waals surface area contributed by atoms with Crippen LogP contribution in [0.15, 0.2) is 16.9 Å². The van der Waals surface area contributed by atoms with Gasteiger partial charge in [-0.15, -0.1) is 11.3 Å². The minimum atomic E-state index is -1.29. The van der Waals surface area contributed by atoms with Crippen molar-refractivity contribution in [2.75, 3.05) is 0 Å². The summed E-state index contributed by atoms with van der Waals surface area (Å²) >= 11 is 1.59. The van der Waals surface area contributed by atoms with Gasteiger partial charge in [-0.05, 0) is 113 Å². The fourth-order valence-corrected chi connectivity index (χ4v) is 7.89. The van der Waals surface area contributed by atoms with Crippen molar-refractivity contribution in [1.29, 1.82) is 0 Å². The molecular weight excluding hydrogens is 534 g/mol. The lowest BCUT2D eigenvalue weighted by Crippen LogP contribution is -2.33. The number of hydrogen-bond donors (Lipinski definition) is 1. The summed E-state index contributed by atoms with van der Waals surface area (Å²) in [5.74, 6) is 1.03. The van der Waals surface area contributed by atoms with E-state index < -0.39 is 17.7 Å². The van der Waals surface area contributed by atoms with Crippen LogP contribution in [0.2, 0.25) is 0 Å². The highest BCUT2D eigenvalue weighted by molar-refractivity contribution is 7.19. The normalized spacial score (nSPS) is 18.6. The first-order valence-corrected chi connectivity index (χ1v) is 16.0. The van der Waals surface area contributed by atoms with Gasteiger partial charge in [-0.2, -0.15) is 0 Å². The number of aromatic nitrogens is 1. The molecule has 0 bridgehead atoms. The molecule has 0 fully saturated rings. The number of pyridine rings is 1. The van der Waals surface area contributed by atoms with Gasteiger partial charge in [-0.1, -0.05) is 26.8 Å². The lowest BCUT2D eigenvalue weighted by atomic mass is 9.84. The molecule has 0 radical (unpaired) electrons. The second-order valence-corrected chi connectivity index (χ2v) is 14.5. The van der Waals surface area contributed by atoms with E-state index in [1.807, 2.05) is 20.8 Å². The predicted octanol–water partition coefficient (Wildman–Crippen LogP) is 7.77. The number of carbonyl (C=O) groups is 1. The summed E-state index contributed by atoms with van der Waals surface area (Å²) < 4.78 is 15.0. The topological polar surface area (TPSA) is 77.8 Å². The van der Waals surface area contributed by atoms with Crippen LogP contribution in [0.1, 0.15) is 101 Å². The average Bonchev–Trinajstić information content (AvgIpc) is 3.29. The third-order valence-corrected chi connectivity index (χ3v) is 10.4. The van der Waals surface area contributed by atoms with Crippen molar-refractivity contribution < 1.29 is 19.4 Å². The van der Waals surface area contributed by atoms with E-state index in [0.717, 1.165) is 72.8 Å². The molecule has 3 aromatic rings. The van der Waals surface area contributed by atoms with Gasteiger partial charge in [0.15, 0.2) is 6.10 Å². The van der Waals surface area contributed by atoms with E-state index in [9.17, 15) is 14.7 Å². The second-order valence-electron chi connectivity index (χ2n) is 13.4. The predicted molar refractivity (Wildman–Crippen MR) is 166 cm³/mol. The molecule has 0 saturated carbocycles. The number of nitrogens with zero attached hydrogens (tertiary/aromatic N) is 1. The summed E-state index contributed by atoms with van der Waals surface area (Å²) in [5.41, 5.74) is 4.82. The standard InChI is InChI=1S/C34H45NO5S/c1-18(2)19(3)17-21-13-14-22-20(4)23(15-16-25(22)39-21)27-28-24-11-9-10-12-26(24)41-31(28)32(36)35(8)29(27)30(33(37)38)40-34(5,6)7/h15-16,18-19,21,30H,9-14,17H2,1-8H3,(H,37,38). The van der Waals surface area contributed by atoms with E-state index in [2.05, 4.69) is 39.8 Å². The molecule has 5 rings (SSSR count). The minimum Gasteiger partial charge on any atom is -0.490 e. The van der Waals surface area contributed by atoms with E-state index in [4.69, 9.17) is 9.47 Å². The van der Waals surface area contributed by atoms with E-state index in [1.165, 1.54) is 20.6 Å². The Morgan fingerprint density at radius 1 is 1.15 bits per heavy atom. The fourth-order valence-electron chi connectivity index (χ4n) is 6.52. The number of ether oxygens (including phenoxy) is 2. The smallest absolute Gasteiger partial charge is 0.339 e. The SMILES string of the molecule is Cc1c(-c2c(C(OC(C)(C)C)C(=O)O)n(C)c(=O)c3sc4c(c23)CCCC4)ccc2c1CCC(CC(C)C(C)C)O2. The molecule has 3 heterocycles. The molecule has 222 valence electrons. The molecule has 7 heteroatoms. The van der Waals surface area contributed by atoms with Gasteiger partial charge in [0.1, 0.15) is 10.4 Å². The van der Waals surface area contributed by atoms with Crippen LogP contribution in [-0.2, 0) is 35.8 Å². The summed E-state index contributed by atoms with van der Waals surface area (Å²) in [5, 5.41) is 11.4. The van der Waals surface area contributed by atoms with E-state index in [1.54, 1.807) is 18.4 Å². The lowest BCUT2D eigenvalue weighted by Gasteiger charge is -2.32. The maximum atomic E-state index is 13.8. The number of aliphatic carboxylic acids is 1. The fraction of sp³-hybridized carbons (Fsp3) is 0.588. The molecule has 0 spiro atoms. The highest BCUT2D eigenvalue weighted by Crippen LogP contribution is 2.46. The maximum Gasteiger partial charge on any atom is 0.339 e. The number of carboxylic acid groups (broad SMARTS) is 1. The Bertz CT molecular complexity index is 1540. The molecule has 0 saturated heterocycles. The summed E-state index contributed by atoms with van der Waals surface area (Å²) in [6.45, 7) is 14.5. The first-order valence-electron chi connectivity index (χ1n) is 15.2. The summed E-state index contributed by atoms with van der Waals surface area (Å²) in [7, 11) is 1.69. The van der Waals surface area contributed by atoms with Crippen LogP contribution < -0.4 is 10.3 Å². The molecule has 1 aliphatic carbocycles. The van der Waals surface area contributed by atoms with Gasteiger partial charge in [-0.25, -0.2) is 4.79 Å². The molecule has 41 heavy (non-hydrogen) atoms. The summed E-state index contributed by atoms with van der Waals surface area (Å²) in [6, 6.07) is 4.14. The molecule has 2 aliphatic rings. The highest BCUT2D eigenvalue weighted by atomic mass is 32.1. The third-order valence-electron chi connectivity index (χ3n) is 9.09. The number of benzene rings is 1. The molecule has 0 amide bonds. The van der Waals surface area contributed by atoms with Crippen LogP contribution in [0.4, 0.5) is 0 Å². The Balaban J connectivity index is 1.75. The Morgan fingerprint density at radius 3 is 2.51 bits per heavy atom. The first-order chi connectivity index (χ1) is 19.3. The molecule has 3 atom stereocenters. The zero-order valence-electron chi connectivity index (χ0n) is 25.8. The minimum absolute atomic E-state index is 0.150. The van der Waals surface area contributed by atoms with Crippen molar-refractivity contribution in [2.45, 2.75) is 111 Å². The molecule has 1 aliphatic heterocycles. The van der Waals surface area contributed by atoms with Crippen LogP contribution in [-0.4, -0.2) is 27.3 Å². The molecule has 2 aromatic heterocycles. The van der Waals surface area contributed by atoms with Crippen LogP contribution in [0.3, 0.4) is 0 Å². The Morgan fingerprint density at radius 2 is 1.85 bits per heavy atom. The zero-order chi connectivity index (χ0) is 29.8. The number of rotatable bonds is 7. The highest BCUT2D eigenvalue weighted by Gasteiger charge is 2.36. The van der Waals surface area contributed by atoms with Crippen molar-refractivity contribution in [1.82, 2.24) is 4.57 Å². The Hall–Kier alpha value is -2.64. The number of carboxylic acids is 1. The summed E-state index contributed by atoms with van der Waals surface area (Å²) in [6.07, 6.45) is 5.85. The molecular formula is C34H45NO5S. The monoisotopic (exact) mass is 579 g/mol. The van der Waals surface area contributed by atoms with Gasteiger partial charge < -0.3 is 19.1 Å². The van der Waals surface area contributed by atoms with Gasteiger partial charge in [0.2, 0.25) is 0 Å². The van der Waals surface area contributed by atoms with Gasteiger partial charge in [0.25, 0.3) is 5.56 Å². The van der Waals surface area contributed by atoms with Crippen molar-refractivity contribution in [3.8, 4) is 16.9 Å². The van der Waals surface area contributed by atoms with E-state index in [0.29, 0.717) is 22.2 Å². The van der Waals surface area contributed by atoms with E-state index in [-0.39, 0.29) is 11.7 Å². The Kier molecular flexibility index (Phi) is 8.16. The number of thiophene rings is 1. The lowest BCUT2D eigenvalue weighted by molar-refractivity contribution is -0.161. The van der Waals surface area contributed by atoms with Gasteiger partial charge in [0.05, 0.1) is 17.4 Å². The molecule has 1 N–H and O–H groups in total. The average molecular weight is 580 g/mol. The van der Waals surface area contributed by atoms with Crippen molar-refractivity contribution in [2.24, 2.45) is 18.9 Å². The third kappa shape index (κ3) is 5.60. The van der Waals surface area contributed by atoms with Crippen LogP contribution in [0, 0.1) is 18.8 Å².